The Morgan fingerprint density at radius 2 is 1.96 bits per heavy atom. The molecule has 144 valence electrons. The van der Waals surface area contributed by atoms with Crippen molar-refractivity contribution in [2.75, 3.05) is 31.1 Å². The molecule has 1 aliphatic rings. The van der Waals surface area contributed by atoms with Crippen molar-refractivity contribution >= 4 is 11.7 Å². The number of aryl methyl sites for hydroxylation is 1. The SMILES string of the molecule is Cc1oc(-c2cccc(F)c2)nc1CC(=O)N1CCN(c2ccccn2)CC1. The third kappa shape index (κ3) is 3.88. The van der Waals surface area contributed by atoms with Gasteiger partial charge in [-0.3, -0.25) is 4.79 Å². The van der Waals surface area contributed by atoms with Crippen LogP contribution in [-0.2, 0) is 11.2 Å². The van der Waals surface area contributed by atoms with Gasteiger partial charge in [0.15, 0.2) is 0 Å². The van der Waals surface area contributed by atoms with Gasteiger partial charge in [-0.15, -0.1) is 0 Å². The van der Waals surface area contributed by atoms with E-state index in [2.05, 4.69) is 14.9 Å². The largest absolute Gasteiger partial charge is 0.441 e. The van der Waals surface area contributed by atoms with Gasteiger partial charge in [-0.25, -0.2) is 14.4 Å². The number of hydrogen-bond acceptors (Lipinski definition) is 5. The summed E-state index contributed by atoms with van der Waals surface area (Å²) in [6, 6.07) is 11.9. The first-order valence-corrected chi connectivity index (χ1v) is 9.26. The highest BCUT2D eigenvalue weighted by Gasteiger charge is 2.24. The molecule has 0 N–H and O–H groups in total. The Kier molecular flexibility index (Phi) is 5.06. The number of benzene rings is 1. The van der Waals surface area contributed by atoms with Crippen molar-refractivity contribution in [1.82, 2.24) is 14.9 Å². The summed E-state index contributed by atoms with van der Waals surface area (Å²) in [5.74, 6) is 1.51. The molecule has 0 aliphatic carbocycles. The van der Waals surface area contributed by atoms with Crippen molar-refractivity contribution in [2.45, 2.75) is 13.3 Å². The highest BCUT2D eigenvalue weighted by molar-refractivity contribution is 5.79. The number of carbonyl (C=O) groups excluding carboxylic acids is 1. The number of rotatable bonds is 4. The first-order valence-electron chi connectivity index (χ1n) is 9.26. The zero-order valence-corrected chi connectivity index (χ0v) is 15.6. The fraction of sp³-hybridized carbons (Fsp3) is 0.286. The molecule has 1 saturated heterocycles. The monoisotopic (exact) mass is 380 g/mol. The number of pyridine rings is 1. The lowest BCUT2D eigenvalue weighted by molar-refractivity contribution is -0.130. The summed E-state index contributed by atoms with van der Waals surface area (Å²) in [6.07, 6.45) is 1.95. The predicted molar refractivity (Wildman–Crippen MR) is 103 cm³/mol. The third-order valence-corrected chi connectivity index (χ3v) is 4.89. The number of aromatic nitrogens is 2. The fourth-order valence-corrected chi connectivity index (χ4v) is 3.32. The van der Waals surface area contributed by atoms with Crippen LogP contribution in [0, 0.1) is 12.7 Å². The lowest BCUT2D eigenvalue weighted by Crippen LogP contribution is -2.49. The predicted octanol–water partition coefficient (Wildman–Crippen LogP) is 3.08. The molecule has 3 heterocycles. The molecule has 0 unspecified atom stereocenters. The lowest BCUT2D eigenvalue weighted by Gasteiger charge is -2.35. The molecule has 7 heteroatoms. The molecule has 0 spiro atoms. The van der Waals surface area contributed by atoms with Crippen LogP contribution in [0.4, 0.5) is 10.2 Å². The first kappa shape index (κ1) is 18.2. The number of carbonyl (C=O) groups is 1. The molecule has 1 fully saturated rings. The molecule has 28 heavy (non-hydrogen) atoms. The van der Waals surface area contributed by atoms with Crippen LogP contribution in [0.15, 0.2) is 53.1 Å². The zero-order chi connectivity index (χ0) is 19.5. The fourth-order valence-electron chi connectivity index (χ4n) is 3.32. The smallest absolute Gasteiger partial charge is 0.228 e. The Morgan fingerprint density at radius 3 is 2.68 bits per heavy atom. The van der Waals surface area contributed by atoms with Gasteiger partial charge in [-0.2, -0.15) is 0 Å². The highest BCUT2D eigenvalue weighted by Crippen LogP contribution is 2.23. The summed E-state index contributed by atoms with van der Waals surface area (Å²) in [4.78, 5) is 25.5. The Hall–Kier alpha value is -3.22. The van der Waals surface area contributed by atoms with Crippen molar-refractivity contribution in [2.24, 2.45) is 0 Å². The topological polar surface area (TPSA) is 62.5 Å². The average molecular weight is 380 g/mol. The van der Waals surface area contributed by atoms with E-state index in [1.807, 2.05) is 23.1 Å². The van der Waals surface area contributed by atoms with Crippen LogP contribution in [0.5, 0.6) is 0 Å². The van der Waals surface area contributed by atoms with Crippen molar-refractivity contribution in [3.63, 3.8) is 0 Å². The van der Waals surface area contributed by atoms with Crippen LogP contribution in [0.2, 0.25) is 0 Å². The van der Waals surface area contributed by atoms with E-state index in [0.29, 0.717) is 36.0 Å². The summed E-state index contributed by atoms with van der Waals surface area (Å²) in [5.41, 5.74) is 1.15. The van der Waals surface area contributed by atoms with E-state index in [1.54, 1.807) is 25.3 Å². The molecular weight excluding hydrogens is 359 g/mol. The van der Waals surface area contributed by atoms with Gasteiger partial charge in [0.25, 0.3) is 0 Å². The third-order valence-electron chi connectivity index (χ3n) is 4.89. The molecule has 6 nitrogen and oxygen atoms in total. The summed E-state index contributed by atoms with van der Waals surface area (Å²) < 4.78 is 19.1. The van der Waals surface area contributed by atoms with Gasteiger partial charge in [0.2, 0.25) is 11.8 Å². The van der Waals surface area contributed by atoms with Gasteiger partial charge in [-0.05, 0) is 37.3 Å². The number of halogens is 1. The minimum Gasteiger partial charge on any atom is -0.441 e. The normalized spacial score (nSPS) is 14.4. The van der Waals surface area contributed by atoms with Crippen molar-refractivity contribution < 1.29 is 13.6 Å². The van der Waals surface area contributed by atoms with Crippen LogP contribution in [0.25, 0.3) is 11.5 Å². The molecule has 0 bridgehead atoms. The summed E-state index contributed by atoms with van der Waals surface area (Å²) >= 11 is 0. The second-order valence-corrected chi connectivity index (χ2v) is 6.76. The van der Waals surface area contributed by atoms with E-state index in [4.69, 9.17) is 4.42 Å². The molecule has 0 atom stereocenters. The Labute approximate surface area is 162 Å². The number of amides is 1. The second-order valence-electron chi connectivity index (χ2n) is 6.76. The van der Waals surface area contributed by atoms with Crippen LogP contribution in [0.3, 0.4) is 0 Å². The number of nitrogens with zero attached hydrogens (tertiary/aromatic N) is 4. The average Bonchev–Trinajstić information content (AvgIpc) is 3.09. The Morgan fingerprint density at radius 1 is 1.14 bits per heavy atom. The van der Waals surface area contributed by atoms with Gasteiger partial charge >= 0.3 is 0 Å². The maximum absolute atomic E-state index is 13.4. The summed E-state index contributed by atoms with van der Waals surface area (Å²) in [7, 11) is 0. The molecule has 1 aliphatic heterocycles. The van der Waals surface area contributed by atoms with E-state index >= 15 is 0 Å². The van der Waals surface area contributed by atoms with Crippen LogP contribution in [-0.4, -0.2) is 47.0 Å². The number of hydrogen-bond donors (Lipinski definition) is 0. The van der Waals surface area contributed by atoms with Gasteiger partial charge in [0.05, 0.1) is 12.1 Å². The summed E-state index contributed by atoms with van der Waals surface area (Å²) in [6.45, 7) is 4.55. The Balaban J connectivity index is 1.39. The van der Waals surface area contributed by atoms with E-state index < -0.39 is 0 Å². The second kappa shape index (κ2) is 7.80. The number of oxazole rings is 1. The van der Waals surface area contributed by atoms with Crippen molar-refractivity contribution in [3.05, 3.63) is 65.9 Å². The lowest BCUT2D eigenvalue weighted by atomic mass is 10.2. The Bertz CT molecular complexity index is 966. The van der Waals surface area contributed by atoms with Gasteiger partial charge < -0.3 is 14.2 Å². The molecule has 2 aromatic heterocycles. The zero-order valence-electron chi connectivity index (χ0n) is 15.6. The molecule has 3 aromatic rings. The molecule has 0 saturated carbocycles. The van der Waals surface area contributed by atoms with Crippen molar-refractivity contribution in [3.8, 4) is 11.5 Å². The molecule has 4 rings (SSSR count). The highest BCUT2D eigenvalue weighted by atomic mass is 19.1. The van der Waals surface area contributed by atoms with Gasteiger partial charge in [-0.1, -0.05) is 12.1 Å². The quantitative estimate of drug-likeness (QED) is 0.696. The minimum atomic E-state index is -0.350. The van der Waals surface area contributed by atoms with E-state index in [-0.39, 0.29) is 18.1 Å². The van der Waals surface area contributed by atoms with Crippen LogP contribution in [0.1, 0.15) is 11.5 Å². The maximum Gasteiger partial charge on any atom is 0.228 e. The maximum atomic E-state index is 13.4. The number of anilines is 1. The van der Waals surface area contributed by atoms with Crippen LogP contribution < -0.4 is 4.90 Å². The van der Waals surface area contributed by atoms with Gasteiger partial charge in [0.1, 0.15) is 17.4 Å². The van der Waals surface area contributed by atoms with E-state index in [0.717, 1.165) is 18.9 Å². The molecule has 1 amide bonds. The first-order chi connectivity index (χ1) is 13.6. The summed E-state index contributed by atoms with van der Waals surface area (Å²) in [5, 5.41) is 0. The molecule has 0 radical (unpaired) electrons. The number of piperazine rings is 1. The van der Waals surface area contributed by atoms with E-state index in [1.165, 1.54) is 12.1 Å². The minimum absolute atomic E-state index is 0.0165. The van der Waals surface area contributed by atoms with E-state index in [9.17, 15) is 9.18 Å². The standard InChI is InChI=1S/C21H21FN4O2/c1-15-18(24-21(28-15)16-5-4-6-17(22)13-16)14-20(27)26-11-9-25(10-12-26)19-7-2-3-8-23-19/h2-8,13H,9-12,14H2,1H3. The molecular formula is C21H21FN4O2. The molecule has 1 aromatic carbocycles. The van der Waals surface area contributed by atoms with Crippen LogP contribution >= 0.6 is 0 Å². The van der Waals surface area contributed by atoms with Gasteiger partial charge in [0, 0.05) is 37.9 Å². The van der Waals surface area contributed by atoms with Crippen molar-refractivity contribution in [1.29, 1.82) is 0 Å².